The van der Waals surface area contributed by atoms with E-state index in [1.165, 1.54) is 0 Å². The summed E-state index contributed by atoms with van der Waals surface area (Å²) in [6.45, 7) is 1.02. The zero-order valence-corrected chi connectivity index (χ0v) is 14.1. The predicted molar refractivity (Wildman–Crippen MR) is 84.7 cm³/mol. The third-order valence-electron chi connectivity index (χ3n) is 2.93. The van der Waals surface area contributed by atoms with Crippen LogP contribution in [0.25, 0.3) is 22.7 Å². The molecule has 5 nitrogen and oxygen atoms in total. The fraction of sp³-hybridized carbons (Fsp3) is 0.267. The number of urea groups is 1. The minimum Gasteiger partial charge on any atom is -0.693 e. The van der Waals surface area contributed by atoms with Gasteiger partial charge < -0.3 is 22.5 Å². The van der Waals surface area contributed by atoms with E-state index in [0.717, 1.165) is 29.3 Å². The Morgan fingerprint density at radius 1 is 1.05 bits per heavy atom. The molecule has 6 heteroatoms. The van der Waals surface area contributed by atoms with Crippen LogP contribution in [-0.4, -0.2) is 19.1 Å². The molecule has 0 spiro atoms. The number of hydrogen-bond donors (Lipinski definition) is 2. The molecular weight excluding hydrogens is 444 g/mol. The van der Waals surface area contributed by atoms with Crippen molar-refractivity contribution in [3.63, 3.8) is 0 Å². The van der Waals surface area contributed by atoms with Crippen LogP contribution >= 0.6 is 0 Å². The number of amides is 2. The summed E-state index contributed by atoms with van der Waals surface area (Å²) in [7, 11) is 0. The van der Waals surface area contributed by atoms with Gasteiger partial charge in [-0.2, -0.15) is 6.54 Å². The average molecular weight is 465 g/mol. The van der Waals surface area contributed by atoms with E-state index in [2.05, 4.69) is 10.6 Å². The van der Waals surface area contributed by atoms with E-state index in [-0.39, 0.29) is 32.3 Å². The van der Waals surface area contributed by atoms with Gasteiger partial charge in [-0.1, -0.05) is 42.8 Å². The standard InChI is InChI=1S/C15H18N3O.Ir.H2N/c16-10-3-4-11-17-15(19)18-14-9-5-7-12-6-1-2-8-13(12)14;;/h1-2,5-9,16H,3-4,10-11H2,(H2,17,18,19);;1H2/q-1;;-1. The van der Waals surface area contributed by atoms with Gasteiger partial charge >= 0.3 is 6.03 Å². The normalized spacial score (nSPS) is 9.38. The minimum absolute atomic E-state index is 0. The van der Waals surface area contributed by atoms with E-state index in [9.17, 15) is 4.79 Å². The topological polar surface area (TPSA) is 98.4 Å². The summed E-state index contributed by atoms with van der Waals surface area (Å²) in [5, 5.41) is 7.80. The molecule has 0 aliphatic carbocycles. The fourth-order valence-corrected chi connectivity index (χ4v) is 1.95. The average Bonchev–Trinajstić information content (AvgIpc) is 2.44. The van der Waals surface area contributed by atoms with Crippen molar-refractivity contribution in [1.29, 1.82) is 0 Å². The zero-order chi connectivity index (χ0) is 13.5. The first-order valence-corrected chi connectivity index (χ1v) is 6.48. The van der Waals surface area contributed by atoms with Crippen molar-refractivity contribution in [3.8, 4) is 0 Å². The molecule has 21 heavy (non-hydrogen) atoms. The van der Waals surface area contributed by atoms with Crippen molar-refractivity contribution in [2.45, 2.75) is 12.8 Å². The van der Waals surface area contributed by atoms with Gasteiger partial charge in [-0.05, 0) is 17.9 Å². The maximum Gasteiger partial charge on any atom is 0.319 e. The molecular formula is C15H20IrN4O-2. The van der Waals surface area contributed by atoms with E-state index in [1.54, 1.807) is 0 Å². The van der Waals surface area contributed by atoms with Crippen molar-refractivity contribution in [2.24, 2.45) is 0 Å². The molecule has 0 aliphatic heterocycles. The molecule has 0 atom stereocenters. The van der Waals surface area contributed by atoms with E-state index >= 15 is 0 Å². The van der Waals surface area contributed by atoms with Crippen LogP contribution in [0.15, 0.2) is 42.5 Å². The smallest absolute Gasteiger partial charge is 0.319 e. The van der Waals surface area contributed by atoms with Crippen LogP contribution in [-0.2, 0) is 20.1 Å². The maximum atomic E-state index is 11.8. The van der Waals surface area contributed by atoms with Crippen molar-refractivity contribution in [2.75, 3.05) is 18.4 Å². The first kappa shape index (κ1) is 19.5. The number of carbonyl (C=O) groups excluding carboxylic acids is 1. The number of benzene rings is 2. The van der Waals surface area contributed by atoms with Crippen molar-refractivity contribution in [3.05, 3.63) is 54.3 Å². The molecule has 0 bridgehead atoms. The molecule has 5 N–H and O–H groups in total. The summed E-state index contributed by atoms with van der Waals surface area (Å²) in [4.78, 5) is 11.8. The molecule has 0 saturated carbocycles. The van der Waals surface area contributed by atoms with E-state index in [0.29, 0.717) is 13.1 Å². The number of nitrogens with one attached hydrogen (secondary N) is 3. The van der Waals surface area contributed by atoms with Crippen molar-refractivity contribution < 1.29 is 24.9 Å². The number of anilines is 1. The summed E-state index contributed by atoms with van der Waals surface area (Å²) in [5.41, 5.74) is 7.85. The third-order valence-corrected chi connectivity index (χ3v) is 2.93. The van der Waals surface area contributed by atoms with Crippen LogP contribution in [0.1, 0.15) is 12.8 Å². The zero-order valence-electron chi connectivity index (χ0n) is 11.7. The molecule has 0 aliphatic rings. The molecule has 0 aromatic heterocycles. The van der Waals surface area contributed by atoms with Gasteiger partial charge in [0.15, 0.2) is 0 Å². The summed E-state index contributed by atoms with van der Waals surface area (Å²) >= 11 is 0. The molecule has 2 amide bonds. The summed E-state index contributed by atoms with van der Waals surface area (Å²) < 4.78 is 0. The van der Waals surface area contributed by atoms with Crippen LogP contribution in [0.3, 0.4) is 0 Å². The minimum atomic E-state index is -0.193. The van der Waals surface area contributed by atoms with E-state index in [1.807, 2.05) is 42.5 Å². The number of unbranched alkanes of at least 4 members (excludes halogenated alkanes) is 1. The van der Waals surface area contributed by atoms with Crippen molar-refractivity contribution in [1.82, 2.24) is 5.32 Å². The molecule has 1 radical (unpaired) electrons. The fourth-order valence-electron chi connectivity index (χ4n) is 1.95. The number of rotatable bonds is 5. The Morgan fingerprint density at radius 2 is 1.76 bits per heavy atom. The molecule has 117 valence electrons. The first-order chi connectivity index (χ1) is 9.31. The third kappa shape index (κ3) is 5.81. The maximum absolute atomic E-state index is 11.8. The Hall–Kier alpha value is -1.46. The predicted octanol–water partition coefficient (Wildman–Crippen LogP) is 4.51. The van der Waals surface area contributed by atoms with Gasteiger partial charge in [-0.15, -0.1) is 0 Å². The molecule has 0 unspecified atom stereocenters. The number of carbonyl (C=O) groups is 1. The molecule has 0 heterocycles. The van der Waals surface area contributed by atoms with Gasteiger partial charge in [0.25, 0.3) is 0 Å². The van der Waals surface area contributed by atoms with Gasteiger partial charge in [0, 0.05) is 32.0 Å². The Bertz CT molecular complexity index is 557. The van der Waals surface area contributed by atoms with Gasteiger partial charge in [0.1, 0.15) is 0 Å². The second-order valence-electron chi connectivity index (χ2n) is 4.36. The van der Waals surface area contributed by atoms with Crippen LogP contribution in [0.2, 0.25) is 0 Å². The van der Waals surface area contributed by atoms with Gasteiger partial charge in [0.2, 0.25) is 0 Å². The Labute approximate surface area is 138 Å². The Morgan fingerprint density at radius 3 is 2.52 bits per heavy atom. The number of fused-ring (bicyclic) bond motifs is 1. The first-order valence-electron chi connectivity index (χ1n) is 6.48. The SMILES string of the molecule is [Ir].[NH-]CCCCNC(=O)Nc1cccc2ccccc12.[NH2-]. The van der Waals surface area contributed by atoms with Crippen LogP contribution in [0.5, 0.6) is 0 Å². The quantitative estimate of drug-likeness (QED) is 0.626. The molecule has 2 rings (SSSR count). The molecule has 0 fully saturated rings. The summed E-state index contributed by atoms with van der Waals surface area (Å²) in [5.74, 6) is 0. The molecule has 2 aromatic rings. The van der Waals surface area contributed by atoms with E-state index in [4.69, 9.17) is 5.73 Å². The van der Waals surface area contributed by atoms with Gasteiger partial charge in [0.05, 0.1) is 5.69 Å². The number of hydrogen-bond acceptors (Lipinski definition) is 1. The Balaban J connectivity index is 0.00000200. The molecule has 2 aromatic carbocycles. The Kier molecular flexibility index (Phi) is 9.58. The molecule has 0 saturated heterocycles. The largest absolute Gasteiger partial charge is 0.693 e. The van der Waals surface area contributed by atoms with Gasteiger partial charge in [-0.3, -0.25) is 0 Å². The second-order valence-corrected chi connectivity index (χ2v) is 4.36. The monoisotopic (exact) mass is 465 g/mol. The number of nitrogens with two attached hydrogens (primary N) is 1. The summed E-state index contributed by atoms with van der Waals surface area (Å²) in [6, 6.07) is 13.6. The van der Waals surface area contributed by atoms with Crippen LogP contribution < -0.4 is 10.6 Å². The van der Waals surface area contributed by atoms with Crippen LogP contribution in [0.4, 0.5) is 10.5 Å². The van der Waals surface area contributed by atoms with Crippen LogP contribution in [0, 0.1) is 0 Å². The van der Waals surface area contributed by atoms with Gasteiger partial charge in [-0.25, -0.2) is 4.79 Å². The second kappa shape index (κ2) is 10.3. The summed E-state index contributed by atoms with van der Waals surface area (Å²) in [6.07, 6.45) is 1.65. The van der Waals surface area contributed by atoms with E-state index < -0.39 is 0 Å². The van der Waals surface area contributed by atoms with Crippen molar-refractivity contribution >= 4 is 22.5 Å².